The molecule has 1 heterocycles. The molecule has 4 heteroatoms. The van der Waals surface area contributed by atoms with E-state index in [9.17, 15) is 4.79 Å². The van der Waals surface area contributed by atoms with E-state index >= 15 is 0 Å². The van der Waals surface area contributed by atoms with Gasteiger partial charge in [0.25, 0.3) is 0 Å². The van der Waals surface area contributed by atoms with Crippen LogP contribution < -0.4 is 5.43 Å². The van der Waals surface area contributed by atoms with E-state index in [4.69, 9.17) is 9.52 Å². The average molecular weight is 286 g/mol. The summed E-state index contributed by atoms with van der Waals surface area (Å²) in [6.07, 6.45) is 0. The Bertz CT molecular complexity index is 732. The third-order valence-corrected chi connectivity index (χ3v) is 2.69. The van der Waals surface area contributed by atoms with E-state index in [0.29, 0.717) is 16.7 Å². The molecule has 0 atom stereocenters. The van der Waals surface area contributed by atoms with E-state index < -0.39 is 0 Å². The molecule has 0 aliphatic heterocycles. The zero-order valence-corrected chi connectivity index (χ0v) is 11.7. The topological polar surface area (TPSA) is 81.9 Å². The molecular weight excluding hydrogens is 268 g/mol. The third kappa shape index (κ3) is 4.02. The largest absolute Gasteiger partial charge is 0.456 e. The molecule has 3 rings (SSSR count). The standard InChI is InChI=1S/C15H10O2.C2H6O.H2O/c16-13-10-15(11-6-2-1-3-7-11)17-14-9-5-4-8-12(13)14;1-2-3;/h1-10H;3H,2H2,1H3;1H2. The number of hydrogen-bond donors (Lipinski definition) is 1. The van der Waals surface area contributed by atoms with Gasteiger partial charge >= 0.3 is 0 Å². The molecule has 2 aromatic carbocycles. The minimum absolute atomic E-state index is 0. The van der Waals surface area contributed by atoms with Crippen LogP contribution in [0.25, 0.3) is 22.3 Å². The highest BCUT2D eigenvalue weighted by Crippen LogP contribution is 2.21. The Balaban J connectivity index is 0.000000510. The van der Waals surface area contributed by atoms with Gasteiger partial charge in [-0.15, -0.1) is 0 Å². The smallest absolute Gasteiger partial charge is 0.193 e. The minimum atomic E-state index is -0.00861. The Morgan fingerprint density at radius 3 is 2.24 bits per heavy atom. The van der Waals surface area contributed by atoms with E-state index in [1.807, 2.05) is 48.5 Å². The normalized spacial score (nSPS) is 9.43. The summed E-state index contributed by atoms with van der Waals surface area (Å²) in [4.78, 5) is 11.9. The van der Waals surface area contributed by atoms with Crippen molar-refractivity contribution in [2.75, 3.05) is 6.61 Å². The Kier molecular flexibility index (Phi) is 6.33. The van der Waals surface area contributed by atoms with Crippen molar-refractivity contribution in [3.63, 3.8) is 0 Å². The summed E-state index contributed by atoms with van der Waals surface area (Å²) in [5.41, 5.74) is 1.53. The van der Waals surface area contributed by atoms with E-state index in [1.54, 1.807) is 13.0 Å². The number of fused-ring (bicyclic) bond motifs is 1. The van der Waals surface area contributed by atoms with Crippen molar-refractivity contribution in [1.82, 2.24) is 0 Å². The van der Waals surface area contributed by atoms with Gasteiger partial charge in [0.05, 0.1) is 5.39 Å². The number of aliphatic hydroxyl groups excluding tert-OH is 1. The maximum absolute atomic E-state index is 11.9. The SMILES string of the molecule is CCO.O.O=c1cc(-c2ccccc2)oc2ccccc12. The molecule has 0 fully saturated rings. The molecule has 3 N–H and O–H groups in total. The van der Waals surface area contributed by atoms with Crippen molar-refractivity contribution < 1.29 is 15.0 Å². The predicted octanol–water partition coefficient (Wildman–Crippen LogP) is 2.63. The fraction of sp³-hybridized carbons (Fsp3) is 0.118. The Hall–Kier alpha value is -2.43. The summed E-state index contributed by atoms with van der Waals surface area (Å²) in [6, 6.07) is 18.4. The molecular formula is C17H18O4. The number of para-hydroxylation sites is 1. The first kappa shape index (κ1) is 16.6. The van der Waals surface area contributed by atoms with Gasteiger partial charge in [0.1, 0.15) is 11.3 Å². The first-order valence-corrected chi connectivity index (χ1v) is 6.45. The number of benzene rings is 2. The molecule has 0 unspecified atom stereocenters. The average Bonchev–Trinajstić information content (AvgIpc) is 2.49. The van der Waals surface area contributed by atoms with Crippen LogP contribution in [0.3, 0.4) is 0 Å². The van der Waals surface area contributed by atoms with E-state index in [2.05, 4.69) is 0 Å². The summed E-state index contributed by atoms with van der Waals surface area (Å²) in [5.74, 6) is 0.606. The summed E-state index contributed by atoms with van der Waals surface area (Å²) in [7, 11) is 0. The molecule has 21 heavy (non-hydrogen) atoms. The zero-order valence-electron chi connectivity index (χ0n) is 11.7. The van der Waals surface area contributed by atoms with Crippen molar-refractivity contribution in [3.8, 4) is 11.3 Å². The lowest BCUT2D eigenvalue weighted by atomic mass is 10.1. The molecule has 0 aliphatic carbocycles. The fourth-order valence-corrected chi connectivity index (χ4v) is 1.85. The highest BCUT2D eigenvalue weighted by molar-refractivity contribution is 5.78. The van der Waals surface area contributed by atoms with Crippen LogP contribution in [0, 0.1) is 0 Å². The molecule has 1 aromatic heterocycles. The van der Waals surface area contributed by atoms with Crippen molar-refractivity contribution in [3.05, 3.63) is 70.9 Å². The molecule has 110 valence electrons. The second-order valence-corrected chi connectivity index (χ2v) is 4.15. The van der Waals surface area contributed by atoms with E-state index in [0.717, 1.165) is 5.56 Å². The van der Waals surface area contributed by atoms with Crippen LogP contribution in [0.15, 0.2) is 69.9 Å². The van der Waals surface area contributed by atoms with Crippen LogP contribution in [0.4, 0.5) is 0 Å². The lowest BCUT2D eigenvalue weighted by molar-refractivity contribution is 0.318. The molecule has 0 aliphatic rings. The second-order valence-electron chi connectivity index (χ2n) is 4.15. The van der Waals surface area contributed by atoms with Gasteiger partial charge in [-0.2, -0.15) is 0 Å². The number of aliphatic hydroxyl groups is 1. The van der Waals surface area contributed by atoms with Crippen LogP contribution >= 0.6 is 0 Å². The van der Waals surface area contributed by atoms with Crippen molar-refractivity contribution in [2.24, 2.45) is 0 Å². The highest BCUT2D eigenvalue weighted by atomic mass is 16.3. The summed E-state index contributed by atoms with van der Waals surface area (Å²) in [5, 5.41) is 8.19. The lowest BCUT2D eigenvalue weighted by Gasteiger charge is -2.02. The van der Waals surface area contributed by atoms with Gasteiger partial charge in [0.2, 0.25) is 0 Å². The summed E-state index contributed by atoms with van der Waals surface area (Å²) >= 11 is 0. The van der Waals surface area contributed by atoms with Crippen molar-refractivity contribution in [2.45, 2.75) is 6.92 Å². The molecule has 0 amide bonds. The van der Waals surface area contributed by atoms with Crippen LogP contribution in [0.2, 0.25) is 0 Å². The van der Waals surface area contributed by atoms with Crippen molar-refractivity contribution >= 4 is 11.0 Å². The fourth-order valence-electron chi connectivity index (χ4n) is 1.85. The van der Waals surface area contributed by atoms with Crippen LogP contribution in [0.1, 0.15) is 6.92 Å². The molecule has 4 nitrogen and oxygen atoms in total. The Morgan fingerprint density at radius 1 is 1.00 bits per heavy atom. The minimum Gasteiger partial charge on any atom is -0.456 e. The van der Waals surface area contributed by atoms with Crippen LogP contribution in [-0.4, -0.2) is 17.2 Å². The highest BCUT2D eigenvalue weighted by Gasteiger charge is 2.05. The van der Waals surface area contributed by atoms with Crippen LogP contribution in [0.5, 0.6) is 0 Å². The summed E-state index contributed by atoms with van der Waals surface area (Å²) in [6.45, 7) is 1.93. The molecule has 0 radical (unpaired) electrons. The monoisotopic (exact) mass is 286 g/mol. The first-order chi connectivity index (χ1) is 9.76. The molecule has 0 saturated heterocycles. The molecule has 3 aromatic rings. The van der Waals surface area contributed by atoms with Gasteiger partial charge < -0.3 is 15.0 Å². The van der Waals surface area contributed by atoms with Crippen LogP contribution in [-0.2, 0) is 0 Å². The number of rotatable bonds is 1. The maximum atomic E-state index is 11.9. The van der Waals surface area contributed by atoms with Gasteiger partial charge in [-0.1, -0.05) is 42.5 Å². The van der Waals surface area contributed by atoms with E-state index in [-0.39, 0.29) is 17.5 Å². The maximum Gasteiger partial charge on any atom is 0.193 e. The lowest BCUT2D eigenvalue weighted by Crippen LogP contribution is -1.99. The predicted molar refractivity (Wildman–Crippen MR) is 84.3 cm³/mol. The van der Waals surface area contributed by atoms with Gasteiger partial charge in [0.15, 0.2) is 5.43 Å². The molecule has 0 spiro atoms. The first-order valence-electron chi connectivity index (χ1n) is 6.45. The number of hydrogen-bond acceptors (Lipinski definition) is 3. The van der Waals surface area contributed by atoms with Gasteiger partial charge in [-0.25, -0.2) is 0 Å². The van der Waals surface area contributed by atoms with Gasteiger partial charge in [-0.05, 0) is 19.1 Å². The molecule has 0 saturated carbocycles. The van der Waals surface area contributed by atoms with E-state index in [1.165, 1.54) is 6.07 Å². The third-order valence-electron chi connectivity index (χ3n) is 2.69. The molecule has 0 bridgehead atoms. The Labute approximate surface area is 122 Å². The zero-order chi connectivity index (χ0) is 14.4. The van der Waals surface area contributed by atoms with Crippen molar-refractivity contribution in [1.29, 1.82) is 0 Å². The quantitative estimate of drug-likeness (QED) is 0.746. The Morgan fingerprint density at radius 2 is 1.57 bits per heavy atom. The van der Waals surface area contributed by atoms with Gasteiger partial charge in [0, 0.05) is 18.2 Å². The van der Waals surface area contributed by atoms with Gasteiger partial charge in [-0.3, -0.25) is 4.79 Å². The second kappa shape index (κ2) is 7.99. The summed E-state index contributed by atoms with van der Waals surface area (Å²) < 4.78 is 5.73.